The molecule has 15 heavy (non-hydrogen) atoms. The molecule has 0 radical (unpaired) electrons. The summed E-state index contributed by atoms with van der Waals surface area (Å²) in [6.07, 6.45) is 6.04. The fourth-order valence-electron chi connectivity index (χ4n) is 1.95. The molecule has 1 saturated carbocycles. The molecule has 0 aliphatic heterocycles. The Bertz CT molecular complexity index is 226. The lowest BCUT2D eigenvalue weighted by Gasteiger charge is -2.22. The van der Waals surface area contributed by atoms with Gasteiger partial charge in [0.05, 0.1) is 19.2 Å². The van der Waals surface area contributed by atoms with Crippen LogP contribution in [0.4, 0.5) is 4.39 Å². The molecule has 1 fully saturated rings. The summed E-state index contributed by atoms with van der Waals surface area (Å²) in [6, 6.07) is 0. The van der Waals surface area contributed by atoms with Crippen LogP contribution in [0.1, 0.15) is 39.0 Å². The van der Waals surface area contributed by atoms with Gasteiger partial charge in [-0.3, -0.25) is 9.18 Å². The Labute approximate surface area is 90.5 Å². The van der Waals surface area contributed by atoms with Crippen LogP contribution in [0.5, 0.6) is 0 Å². The van der Waals surface area contributed by atoms with Crippen molar-refractivity contribution in [3.8, 4) is 0 Å². The van der Waals surface area contributed by atoms with Crippen LogP contribution in [0.15, 0.2) is 11.6 Å². The second-order valence-electron chi connectivity index (χ2n) is 3.87. The minimum Gasteiger partial charge on any atom is -0.466 e. The van der Waals surface area contributed by atoms with Crippen LogP contribution in [-0.2, 0) is 9.53 Å². The lowest BCUT2D eigenvalue weighted by Crippen LogP contribution is -2.21. The Morgan fingerprint density at radius 3 is 2.73 bits per heavy atom. The molecule has 2 nitrogen and oxygen atoms in total. The first-order valence-corrected chi connectivity index (χ1v) is 5.68. The number of hydrogen-bond acceptors (Lipinski definition) is 2. The van der Waals surface area contributed by atoms with Gasteiger partial charge in [0.15, 0.2) is 0 Å². The van der Waals surface area contributed by atoms with Crippen molar-refractivity contribution >= 4 is 5.97 Å². The van der Waals surface area contributed by atoms with Crippen LogP contribution in [0.3, 0.4) is 0 Å². The van der Waals surface area contributed by atoms with Crippen LogP contribution in [0.2, 0.25) is 0 Å². The highest BCUT2D eigenvalue weighted by molar-refractivity contribution is 5.72. The molecule has 0 bridgehead atoms. The zero-order valence-electron chi connectivity index (χ0n) is 9.30. The van der Waals surface area contributed by atoms with Crippen molar-refractivity contribution in [3.63, 3.8) is 0 Å². The molecule has 1 aliphatic carbocycles. The van der Waals surface area contributed by atoms with E-state index in [2.05, 4.69) is 0 Å². The number of allylic oxidation sites excluding steroid dienone is 2. The minimum absolute atomic E-state index is 0.0625. The van der Waals surface area contributed by atoms with E-state index in [0.29, 0.717) is 13.0 Å². The molecule has 1 aliphatic rings. The molecule has 0 amide bonds. The van der Waals surface area contributed by atoms with Crippen molar-refractivity contribution in [2.75, 3.05) is 13.3 Å². The van der Waals surface area contributed by atoms with Crippen molar-refractivity contribution in [1.29, 1.82) is 0 Å². The first kappa shape index (κ1) is 12.2. The van der Waals surface area contributed by atoms with Gasteiger partial charge in [-0.05, 0) is 39.0 Å². The van der Waals surface area contributed by atoms with E-state index in [-0.39, 0.29) is 18.6 Å². The second-order valence-corrected chi connectivity index (χ2v) is 3.87. The van der Waals surface area contributed by atoms with E-state index in [0.717, 1.165) is 25.7 Å². The van der Waals surface area contributed by atoms with Crippen LogP contribution < -0.4 is 0 Å². The summed E-state index contributed by atoms with van der Waals surface area (Å²) < 4.78 is 16.9. The number of halogens is 1. The molecule has 1 rings (SSSR count). The zero-order chi connectivity index (χ0) is 11.1. The maximum atomic E-state index is 11.9. The minimum atomic E-state index is -0.287. The fraction of sp³-hybridized carbons (Fsp3) is 0.750. The zero-order valence-corrected chi connectivity index (χ0v) is 9.30. The molecule has 0 unspecified atom stereocenters. The van der Waals surface area contributed by atoms with Crippen molar-refractivity contribution in [1.82, 2.24) is 0 Å². The Morgan fingerprint density at radius 1 is 1.53 bits per heavy atom. The summed E-state index contributed by atoms with van der Waals surface area (Å²) in [5, 5.41) is 0. The number of esters is 1. The van der Waals surface area contributed by atoms with Crippen LogP contribution >= 0.6 is 0 Å². The number of alkyl halides is 1. The molecule has 0 atom stereocenters. The molecule has 0 saturated heterocycles. The van der Waals surface area contributed by atoms with Gasteiger partial charge in [-0.1, -0.05) is 11.6 Å². The van der Waals surface area contributed by atoms with Gasteiger partial charge >= 0.3 is 5.97 Å². The van der Waals surface area contributed by atoms with Crippen molar-refractivity contribution in [3.05, 3.63) is 11.6 Å². The lowest BCUT2D eigenvalue weighted by atomic mass is 9.85. The predicted octanol–water partition coefficient (Wildman–Crippen LogP) is 3.03. The predicted molar refractivity (Wildman–Crippen MR) is 57.3 cm³/mol. The average molecular weight is 214 g/mol. The summed E-state index contributed by atoms with van der Waals surface area (Å²) in [4.78, 5) is 11.4. The van der Waals surface area contributed by atoms with E-state index in [4.69, 9.17) is 4.74 Å². The lowest BCUT2D eigenvalue weighted by molar-refractivity contribution is -0.148. The molecule has 3 heteroatoms. The van der Waals surface area contributed by atoms with E-state index >= 15 is 0 Å². The van der Waals surface area contributed by atoms with Gasteiger partial charge in [-0.25, -0.2) is 0 Å². The van der Waals surface area contributed by atoms with E-state index in [1.165, 1.54) is 5.57 Å². The number of hydrogen-bond donors (Lipinski definition) is 0. The summed E-state index contributed by atoms with van der Waals surface area (Å²) >= 11 is 0. The van der Waals surface area contributed by atoms with Gasteiger partial charge in [0.1, 0.15) is 0 Å². The largest absolute Gasteiger partial charge is 0.466 e. The molecular weight excluding hydrogens is 195 g/mol. The maximum absolute atomic E-state index is 11.9. The summed E-state index contributed by atoms with van der Waals surface area (Å²) in [5.41, 5.74) is 1.30. The van der Waals surface area contributed by atoms with Crippen LogP contribution in [0, 0.1) is 5.92 Å². The Morgan fingerprint density at radius 2 is 2.20 bits per heavy atom. The molecule has 0 aromatic carbocycles. The molecule has 0 aromatic rings. The van der Waals surface area contributed by atoms with Gasteiger partial charge in [0.25, 0.3) is 0 Å². The molecular formula is C12H19FO2. The maximum Gasteiger partial charge on any atom is 0.308 e. The van der Waals surface area contributed by atoms with Gasteiger partial charge in [0, 0.05) is 0 Å². The average Bonchev–Trinajstić information content (AvgIpc) is 2.27. The number of carbonyl (C=O) groups is 1. The highest BCUT2D eigenvalue weighted by Crippen LogP contribution is 2.29. The Hall–Kier alpha value is -0.860. The van der Waals surface area contributed by atoms with Gasteiger partial charge in [-0.2, -0.15) is 0 Å². The highest BCUT2D eigenvalue weighted by Gasteiger charge is 2.23. The molecule has 0 heterocycles. The third kappa shape index (κ3) is 4.02. The Kier molecular flexibility index (Phi) is 5.37. The van der Waals surface area contributed by atoms with Crippen molar-refractivity contribution in [2.45, 2.75) is 39.0 Å². The van der Waals surface area contributed by atoms with E-state index in [1.54, 1.807) is 0 Å². The van der Waals surface area contributed by atoms with Gasteiger partial charge in [0.2, 0.25) is 0 Å². The van der Waals surface area contributed by atoms with E-state index < -0.39 is 0 Å². The van der Waals surface area contributed by atoms with Crippen molar-refractivity contribution < 1.29 is 13.9 Å². The van der Waals surface area contributed by atoms with Gasteiger partial charge < -0.3 is 4.74 Å². The topological polar surface area (TPSA) is 26.3 Å². The van der Waals surface area contributed by atoms with E-state index in [1.807, 2.05) is 13.0 Å². The summed E-state index contributed by atoms with van der Waals surface area (Å²) in [7, 11) is 0. The standard InChI is InChI=1S/C12H19FO2/c1-2-15-12(14)11-7-5-10(6-8-11)4-3-9-13/h4,11H,2-3,5-9H2,1H3. The molecule has 86 valence electrons. The van der Waals surface area contributed by atoms with Crippen LogP contribution in [0.25, 0.3) is 0 Å². The highest BCUT2D eigenvalue weighted by atomic mass is 19.1. The third-order valence-electron chi connectivity index (χ3n) is 2.79. The normalized spacial score (nSPS) is 21.2. The summed E-state index contributed by atoms with van der Waals surface area (Å²) in [5.74, 6) is -0.00508. The first-order chi connectivity index (χ1) is 7.27. The SMILES string of the molecule is CCOC(=O)C1CCC(=CCCF)CC1. The molecule has 0 spiro atoms. The Balaban J connectivity index is 2.32. The first-order valence-electron chi connectivity index (χ1n) is 5.68. The van der Waals surface area contributed by atoms with Gasteiger partial charge in [-0.15, -0.1) is 0 Å². The number of ether oxygens (including phenoxy) is 1. The van der Waals surface area contributed by atoms with Crippen LogP contribution in [-0.4, -0.2) is 19.3 Å². The molecule has 0 N–H and O–H groups in total. The third-order valence-corrected chi connectivity index (χ3v) is 2.79. The summed E-state index contributed by atoms with van der Waals surface area (Å²) in [6.45, 7) is 2.00. The fourth-order valence-corrected chi connectivity index (χ4v) is 1.95. The quantitative estimate of drug-likeness (QED) is 0.531. The van der Waals surface area contributed by atoms with Crippen molar-refractivity contribution in [2.24, 2.45) is 5.92 Å². The monoisotopic (exact) mass is 214 g/mol. The second kappa shape index (κ2) is 6.59. The molecule has 0 aromatic heterocycles. The number of rotatable bonds is 4. The van der Waals surface area contributed by atoms with E-state index in [9.17, 15) is 9.18 Å². The smallest absolute Gasteiger partial charge is 0.308 e. The number of carbonyl (C=O) groups excluding carboxylic acids is 1.